The van der Waals surface area contributed by atoms with Crippen LogP contribution in [-0.4, -0.2) is 17.8 Å². The molecule has 228 valence electrons. The number of amidine groups is 1. The van der Waals surface area contributed by atoms with Crippen LogP contribution < -0.4 is 5.32 Å². The van der Waals surface area contributed by atoms with Crippen LogP contribution in [0.5, 0.6) is 0 Å². The molecular weight excluding hydrogens is 546 g/mol. The number of aryl methyl sites for hydroxylation is 1. The van der Waals surface area contributed by atoms with E-state index in [1.807, 2.05) is 12.2 Å². The minimum absolute atomic E-state index is 0.0270. The first-order valence-electron chi connectivity index (χ1n) is 15.9. The Kier molecular flexibility index (Phi) is 10.4. The molecule has 0 radical (unpaired) electrons. The molecule has 0 saturated heterocycles. The van der Waals surface area contributed by atoms with Gasteiger partial charge in [-0.15, -0.1) is 0 Å². The van der Waals surface area contributed by atoms with Gasteiger partial charge in [-0.3, -0.25) is 4.90 Å². The highest BCUT2D eigenvalue weighted by Gasteiger charge is 2.31. The maximum Gasteiger partial charge on any atom is 0.131 e. The molecule has 0 spiro atoms. The van der Waals surface area contributed by atoms with E-state index in [0.717, 1.165) is 5.84 Å². The molecule has 1 aliphatic heterocycles. The molecule has 5 rings (SSSR count). The van der Waals surface area contributed by atoms with E-state index in [2.05, 4.69) is 179 Å². The van der Waals surface area contributed by atoms with Crippen LogP contribution in [-0.2, 0) is 0 Å². The van der Waals surface area contributed by atoms with Crippen molar-refractivity contribution in [2.24, 2.45) is 10.9 Å². The number of allylic oxidation sites excluding steroid dienone is 6. The van der Waals surface area contributed by atoms with Crippen molar-refractivity contribution in [3.63, 3.8) is 0 Å². The van der Waals surface area contributed by atoms with Crippen molar-refractivity contribution in [2.45, 2.75) is 45.9 Å². The van der Waals surface area contributed by atoms with Crippen molar-refractivity contribution in [2.75, 3.05) is 7.05 Å². The molecule has 1 heterocycles. The highest BCUT2D eigenvalue weighted by atomic mass is 15.4. The van der Waals surface area contributed by atoms with Gasteiger partial charge in [0, 0.05) is 5.92 Å². The molecule has 0 saturated carbocycles. The van der Waals surface area contributed by atoms with Crippen molar-refractivity contribution in [1.82, 2.24) is 10.2 Å². The summed E-state index contributed by atoms with van der Waals surface area (Å²) in [6.45, 7) is 12.7. The molecule has 0 amide bonds. The summed E-state index contributed by atoms with van der Waals surface area (Å²) >= 11 is 0. The van der Waals surface area contributed by atoms with Crippen molar-refractivity contribution in [1.29, 1.82) is 0 Å². The van der Waals surface area contributed by atoms with Crippen molar-refractivity contribution >= 4 is 11.4 Å². The van der Waals surface area contributed by atoms with Gasteiger partial charge in [-0.05, 0) is 77.4 Å². The number of rotatable bonds is 10. The lowest BCUT2D eigenvalue weighted by molar-refractivity contribution is 0.149. The third-order valence-electron chi connectivity index (χ3n) is 8.70. The van der Waals surface area contributed by atoms with Gasteiger partial charge in [0.05, 0.1) is 0 Å². The molecule has 4 atom stereocenters. The third kappa shape index (κ3) is 7.50. The predicted molar refractivity (Wildman–Crippen MR) is 193 cm³/mol. The molecule has 0 aliphatic carbocycles. The maximum atomic E-state index is 5.21. The molecule has 3 heteroatoms. The fraction of sp³-hybridized carbons (Fsp3) is 0.214. The largest absolute Gasteiger partial charge is 0.354 e. The van der Waals surface area contributed by atoms with E-state index in [9.17, 15) is 0 Å². The number of hydrogen-bond donors (Lipinski definition) is 1. The quantitative estimate of drug-likeness (QED) is 0.186. The Labute approximate surface area is 270 Å². The smallest absolute Gasteiger partial charge is 0.131 e. The van der Waals surface area contributed by atoms with Gasteiger partial charge in [-0.1, -0.05) is 154 Å². The summed E-state index contributed by atoms with van der Waals surface area (Å²) in [6.07, 6.45) is 12.7. The molecule has 0 bridgehead atoms. The Morgan fingerprint density at radius 1 is 0.800 bits per heavy atom. The zero-order valence-corrected chi connectivity index (χ0v) is 27.2. The molecule has 4 unspecified atom stereocenters. The molecule has 4 aromatic carbocycles. The number of nitrogens with one attached hydrogen (secondary N) is 1. The van der Waals surface area contributed by atoms with E-state index >= 15 is 0 Å². The molecule has 1 N–H and O–H groups in total. The van der Waals surface area contributed by atoms with Crippen LogP contribution in [0.2, 0.25) is 0 Å². The fourth-order valence-corrected chi connectivity index (χ4v) is 5.99. The monoisotopic (exact) mass is 591 g/mol. The van der Waals surface area contributed by atoms with E-state index in [0.29, 0.717) is 0 Å². The van der Waals surface area contributed by atoms with Gasteiger partial charge in [0.2, 0.25) is 0 Å². The van der Waals surface area contributed by atoms with Crippen LogP contribution in [0.1, 0.15) is 66.8 Å². The Hall–Kier alpha value is -4.73. The highest BCUT2D eigenvalue weighted by Crippen LogP contribution is 2.35. The van der Waals surface area contributed by atoms with Crippen LogP contribution in [0.25, 0.3) is 16.7 Å². The van der Waals surface area contributed by atoms with Gasteiger partial charge in [-0.25, -0.2) is 4.99 Å². The molecular formula is C42H45N3. The summed E-state index contributed by atoms with van der Waals surface area (Å²) in [5.74, 6) is 1.38. The summed E-state index contributed by atoms with van der Waals surface area (Å²) in [4.78, 5) is 7.52. The van der Waals surface area contributed by atoms with Gasteiger partial charge in [0.1, 0.15) is 18.2 Å². The summed E-state index contributed by atoms with van der Waals surface area (Å²) in [5, 5.41) is 3.74. The van der Waals surface area contributed by atoms with E-state index in [4.69, 9.17) is 4.99 Å². The SMILES string of the molecule is C=C/C=C\C(C)c1ccc(/C(C)=C/C=C\C(C)C2=NC(c3ccccc3)N(C)C(c3ccccc3)N2)cc1-c1ccccc1C. The maximum absolute atomic E-state index is 5.21. The molecule has 45 heavy (non-hydrogen) atoms. The zero-order chi connectivity index (χ0) is 31.8. The summed E-state index contributed by atoms with van der Waals surface area (Å²) in [5.41, 5.74) is 10.00. The van der Waals surface area contributed by atoms with Gasteiger partial charge >= 0.3 is 0 Å². The molecule has 0 aromatic heterocycles. The highest BCUT2D eigenvalue weighted by molar-refractivity contribution is 5.87. The fourth-order valence-electron chi connectivity index (χ4n) is 5.99. The lowest BCUT2D eigenvalue weighted by atomic mass is 9.87. The molecule has 3 nitrogen and oxygen atoms in total. The number of hydrogen-bond acceptors (Lipinski definition) is 3. The first-order chi connectivity index (χ1) is 21.9. The van der Waals surface area contributed by atoms with E-state index in [1.165, 1.54) is 44.5 Å². The van der Waals surface area contributed by atoms with Gasteiger partial charge in [0.25, 0.3) is 0 Å². The van der Waals surface area contributed by atoms with Crippen molar-refractivity contribution in [3.8, 4) is 11.1 Å². The van der Waals surface area contributed by atoms with Gasteiger partial charge < -0.3 is 5.32 Å². The Bertz CT molecular complexity index is 1710. The average molecular weight is 592 g/mol. The number of benzene rings is 4. The summed E-state index contributed by atoms with van der Waals surface area (Å²) in [7, 11) is 2.14. The predicted octanol–water partition coefficient (Wildman–Crippen LogP) is 10.4. The summed E-state index contributed by atoms with van der Waals surface area (Å²) in [6, 6.07) is 36.7. The van der Waals surface area contributed by atoms with Crippen LogP contribution in [0, 0.1) is 12.8 Å². The minimum atomic E-state index is -0.0668. The van der Waals surface area contributed by atoms with Crippen LogP contribution in [0.3, 0.4) is 0 Å². The number of nitrogens with zero attached hydrogens (tertiary/aromatic N) is 2. The average Bonchev–Trinajstić information content (AvgIpc) is 3.08. The standard InChI is InChI=1S/C42H45N3/c1-7-8-18-31(3)38-28-27-36(29-39(38)37-26-16-15-19-32(37)4)30(2)20-17-21-33(5)40-43-41(34-22-11-9-12-23-34)45(6)42(44-40)35-24-13-10-14-25-35/h7-29,31,33,41-42H,1H2,2-6H3,(H,43,44)/b18-8-,21-17-,30-20+. The first kappa shape index (κ1) is 31.7. The second-order valence-electron chi connectivity index (χ2n) is 12.0. The Morgan fingerprint density at radius 2 is 1.44 bits per heavy atom. The van der Waals surface area contributed by atoms with E-state index < -0.39 is 0 Å². The second-order valence-corrected chi connectivity index (χ2v) is 12.0. The lowest BCUT2D eigenvalue weighted by Crippen LogP contribution is -2.47. The van der Waals surface area contributed by atoms with Crippen molar-refractivity contribution in [3.05, 3.63) is 174 Å². The normalized spacial score (nSPS) is 18.9. The van der Waals surface area contributed by atoms with Crippen LogP contribution in [0.4, 0.5) is 0 Å². The van der Waals surface area contributed by atoms with E-state index in [1.54, 1.807) is 0 Å². The first-order valence-corrected chi connectivity index (χ1v) is 15.9. The van der Waals surface area contributed by atoms with E-state index in [-0.39, 0.29) is 24.2 Å². The minimum Gasteiger partial charge on any atom is -0.354 e. The molecule has 1 aliphatic rings. The lowest BCUT2D eigenvalue weighted by Gasteiger charge is -2.40. The van der Waals surface area contributed by atoms with Crippen molar-refractivity contribution < 1.29 is 0 Å². The topological polar surface area (TPSA) is 27.6 Å². The molecule has 0 fully saturated rings. The second kappa shape index (κ2) is 14.8. The third-order valence-corrected chi connectivity index (χ3v) is 8.70. The van der Waals surface area contributed by atoms with Crippen LogP contribution in [0.15, 0.2) is 151 Å². The number of aliphatic imine (C=N–C) groups is 1. The molecule has 4 aromatic rings. The van der Waals surface area contributed by atoms with Gasteiger partial charge in [-0.2, -0.15) is 0 Å². The van der Waals surface area contributed by atoms with Gasteiger partial charge in [0.15, 0.2) is 0 Å². The van der Waals surface area contributed by atoms with Crippen LogP contribution >= 0.6 is 0 Å². The summed E-state index contributed by atoms with van der Waals surface area (Å²) < 4.78 is 0. The Morgan fingerprint density at radius 3 is 2.13 bits per heavy atom. The Balaban J connectivity index is 1.42. The zero-order valence-electron chi connectivity index (χ0n) is 27.2.